The Labute approximate surface area is 154 Å². The van der Waals surface area contributed by atoms with E-state index in [1.165, 1.54) is 19.3 Å². The number of amides is 2. The van der Waals surface area contributed by atoms with Crippen molar-refractivity contribution in [3.63, 3.8) is 0 Å². The van der Waals surface area contributed by atoms with Crippen molar-refractivity contribution in [2.75, 3.05) is 13.1 Å². The van der Waals surface area contributed by atoms with Gasteiger partial charge < -0.3 is 15.2 Å². The molecule has 3 aliphatic carbocycles. The summed E-state index contributed by atoms with van der Waals surface area (Å²) in [5, 5.41) is 9.91. The van der Waals surface area contributed by atoms with E-state index in [1.807, 2.05) is 0 Å². The minimum atomic E-state index is -0.166. The molecule has 26 heavy (non-hydrogen) atoms. The van der Waals surface area contributed by atoms with Gasteiger partial charge in [0.05, 0.1) is 0 Å². The highest BCUT2D eigenvalue weighted by molar-refractivity contribution is 5.92. The Morgan fingerprint density at radius 3 is 2.65 bits per heavy atom. The monoisotopic (exact) mass is 359 g/mol. The molecule has 142 valence electrons. The van der Waals surface area contributed by atoms with Gasteiger partial charge in [-0.05, 0) is 49.9 Å². The van der Waals surface area contributed by atoms with E-state index in [4.69, 9.17) is 4.52 Å². The first-order valence-electron chi connectivity index (χ1n) is 10.2. The molecule has 1 aromatic rings. The van der Waals surface area contributed by atoms with E-state index >= 15 is 0 Å². The summed E-state index contributed by atoms with van der Waals surface area (Å²) in [5.41, 5.74) is 0.559. The second kappa shape index (κ2) is 7.41. The van der Waals surface area contributed by atoms with Gasteiger partial charge in [-0.25, -0.2) is 0 Å². The number of nitrogens with zero attached hydrogens (tertiary/aromatic N) is 1. The smallest absolute Gasteiger partial charge is 0.273 e. The number of hydrogen-bond acceptors (Lipinski definition) is 4. The van der Waals surface area contributed by atoms with Crippen LogP contribution < -0.4 is 10.6 Å². The number of carbonyl (C=O) groups is 2. The average Bonchev–Trinajstić information content (AvgIpc) is 3.52. The number of rotatable bonds is 10. The van der Waals surface area contributed by atoms with Crippen LogP contribution in [0, 0.1) is 11.3 Å². The third kappa shape index (κ3) is 4.46. The van der Waals surface area contributed by atoms with Crippen LogP contribution in [-0.2, 0) is 4.79 Å². The molecule has 2 N–H and O–H groups in total. The highest BCUT2D eigenvalue weighted by Gasteiger charge is 2.42. The van der Waals surface area contributed by atoms with Gasteiger partial charge in [0.25, 0.3) is 5.91 Å². The summed E-state index contributed by atoms with van der Waals surface area (Å²) in [5.74, 6) is 2.09. The van der Waals surface area contributed by atoms with Crippen LogP contribution >= 0.6 is 0 Å². The predicted molar refractivity (Wildman–Crippen MR) is 96.7 cm³/mol. The first kappa shape index (κ1) is 17.6. The SMILES string of the molecule is O=C(CCC1CCC1)NCC1(CCNC(=O)c2cc(C3CC3)on2)CC1. The summed E-state index contributed by atoms with van der Waals surface area (Å²) in [7, 11) is 0. The highest BCUT2D eigenvalue weighted by Crippen LogP contribution is 2.48. The second-order valence-corrected chi connectivity index (χ2v) is 8.51. The van der Waals surface area contributed by atoms with Gasteiger partial charge in [-0.3, -0.25) is 9.59 Å². The van der Waals surface area contributed by atoms with Crippen LogP contribution in [0.25, 0.3) is 0 Å². The first-order chi connectivity index (χ1) is 12.6. The van der Waals surface area contributed by atoms with E-state index in [9.17, 15) is 9.59 Å². The molecule has 3 saturated carbocycles. The molecular weight excluding hydrogens is 330 g/mol. The van der Waals surface area contributed by atoms with Crippen LogP contribution in [0.4, 0.5) is 0 Å². The van der Waals surface area contributed by atoms with Crippen LogP contribution in [0.15, 0.2) is 10.6 Å². The molecule has 0 atom stereocenters. The summed E-state index contributed by atoms with van der Waals surface area (Å²) in [6.45, 7) is 1.35. The molecule has 3 aliphatic rings. The molecule has 0 radical (unpaired) electrons. The highest BCUT2D eigenvalue weighted by atomic mass is 16.5. The molecule has 0 aromatic carbocycles. The maximum absolute atomic E-state index is 12.2. The van der Waals surface area contributed by atoms with Crippen molar-refractivity contribution >= 4 is 11.8 Å². The molecule has 6 nitrogen and oxygen atoms in total. The van der Waals surface area contributed by atoms with Crippen molar-refractivity contribution in [2.45, 2.75) is 70.1 Å². The lowest BCUT2D eigenvalue weighted by Crippen LogP contribution is -2.33. The fourth-order valence-electron chi connectivity index (χ4n) is 3.67. The molecule has 0 spiro atoms. The van der Waals surface area contributed by atoms with Gasteiger partial charge in [0, 0.05) is 31.5 Å². The van der Waals surface area contributed by atoms with Crippen molar-refractivity contribution in [2.24, 2.45) is 11.3 Å². The Bertz CT molecular complexity index is 657. The summed E-state index contributed by atoms with van der Waals surface area (Å²) < 4.78 is 5.23. The van der Waals surface area contributed by atoms with Crippen molar-refractivity contribution in [3.8, 4) is 0 Å². The number of carbonyl (C=O) groups excluding carboxylic acids is 2. The van der Waals surface area contributed by atoms with E-state index < -0.39 is 0 Å². The maximum Gasteiger partial charge on any atom is 0.273 e. The fourth-order valence-corrected chi connectivity index (χ4v) is 3.67. The van der Waals surface area contributed by atoms with Crippen LogP contribution in [0.3, 0.4) is 0 Å². The van der Waals surface area contributed by atoms with Gasteiger partial charge in [0.15, 0.2) is 5.69 Å². The van der Waals surface area contributed by atoms with Crippen molar-refractivity contribution in [1.82, 2.24) is 15.8 Å². The fraction of sp³-hybridized carbons (Fsp3) is 0.750. The quantitative estimate of drug-likeness (QED) is 0.672. The van der Waals surface area contributed by atoms with E-state index in [1.54, 1.807) is 6.07 Å². The Balaban J connectivity index is 1.13. The number of aromatic nitrogens is 1. The maximum atomic E-state index is 12.2. The van der Waals surface area contributed by atoms with Crippen LogP contribution in [0.2, 0.25) is 0 Å². The lowest BCUT2D eigenvalue weighted by Gasteiger charge is -2.25. The molecule has 0 bridgehead atoms. The van der Waals surface area contributed by atoms with Crippen LogP contribution in [0.1, 0.15) is 86.4 Å². The summed E-state index contributed by atoms with van der Waals surface area (Å²) >= 11 is 0. The van der Waals surface area contributed by atoms with Crippen molar-refractivity contribution in [3.05, 3.63) is 17.5 Å². The lowest BCUT2D eigenvalue weighted by molar-refractivity contribution is -0.121. The summed E-state index contributed by atoms with van der Waals surface area (Å²) in [6, 6.07) is 1.77. The average molecular weight is 359 g/mol. The van der Waals surface area contributed by atoms with Crippen molar-refractivity contribution < 1.29 is 14.1 Å². The largest absolute Gasteiger partial charge is 0.360 e. The van der Waals surface area contributed by atoms with Gasteiger partial charge in [-0.2, -0.15) is 0 Å². The second-order valence-electron chi connectivity index (χ2n) is 8.51. The topological polar surface area (TPSA) is 84.2 Å². The first-order valence-corrected chi connectivity index (χ1v) is 10.2. The molecule has 0 saturated heterocycles. The molecule has 1 heterocycles. The Morgan fingerprint density at radius 1 is 1.19 bits per heavy atom. The minimum Gasteiger partial charge on any atom is -0.360 e. The van der Waals surface area contributed by atoms with E-state index in [0.717, 1.165) is 56.7 Å². The van der Waals surface area contributed by atoms with Gasteiger partial charge >= 0.3 is 0 Å². The Kier molecular flexibility index (Phi) is 5.00. The van der Waals surface area contributed by atoms with Crippen molar-refractivity contribution in [1.29, 1.82) is 0 Å². The molecule has 3 fully saturated rings. The van der Waals surface area contributed by atoms with Gasteiger partial charge in [0.1, 0.15) is 5.76 Å². The Hall–Kier alpha value is -1.85. The Morgan fingerprint density at radius 2 is 2.00 bits per heavy atom. The van der Waals surface area contributed by atoms with Gasteiger partial charge in [-0.1, -0.05) is 24.4 Å². The standard InChI is InChI=1S/C20H29N3O3/c24-18(7-4-14-2-1-3-14)22-13-20(8-9-20)10-11-21-19(25)16-12-17(26-23-16)15-5-6-15/h12,14-15H,1-11,13H2,(H,21,25)(H,22,24). The third-order valence-electron chi connectivity index (χ3n) is 6.30. The zero-order valence-electron chi connectivity index (χ0n) is 15.4. The zero-order valence-corrected chi connectivity index (χ0v) is 15.4. The lowest BCUT2D eigenvalue weighted by atomic mass is 9.82. The minimum absolute atomic E-state index is 0.166. The van der Waals surface area contributed by atoms with E-state index in [-0.39, 0.29) is 17.2 Å². The molecule has 2 amide bonds. The molecule has 0 aliphatic heterocycles. The van der Waals surface area contributed by atoms with Gasteiger partial charge in [0.2, 0.25) is 5.91 Å². The summed E-state index contributed by atoms with van der Waals surface area (Å²) in [6.07, 6.45) is 11.0. The van der Waals surface area contributed by atoms with Crippen LogP contribution in [0.5, 0.6) is 0 Å². The van der Waals surface area contributed by atoms with E-state index in [2.05, 4.69) is 15.8 Å². The van der Waals surface area contributed by atoms with Gasteiger partial charge in [-0.15, -0.1) is 0 Å². The molecule has 6 heteroatoms. The molecule has 0 unspecified atom stereocenters. The predicted octanol–water partition coefficient (Wildman–Crippen LogP) is 3.15. The molecule has 1 aromatic heterocycles. The van der Waals surface area contributed by atoms with E-state index in [0.29, 0.717) is 24.6 Å². The van der Waals surface area contributed by atoms with Crippen LogP contribution in [-0.4, -0.2) is 30.1 Å². The summed E-state index contributed by atoms with van der Waals surface area (Å²) in [4.78, 5) is 24.1. The number of nitrogens with one attached hydrogen (secondary N) is 2. The zero-order chi connectivity index (χ0) is 18.0. The normalized spacial score (nSPS) is 21.1. The molecular formula is C20H29N3O3. The molecule has 4 rings (SSSR count). The third-order valence-corrected chi connectivity index (χ3v) is 6.30. The number of hydrogen-bond donors (Lipinski definition) is 2.